The Balaban J connectivity index is 2.50. The Hall–Kier alpha value is -2.89. The molecule has 1 unspecified atom stereocenters. The fourth-order valence-corrected chi connectivity index (χ4v) is 3.04. The van der Waals surface area contributed by atoms with Gasteiger partial charge in [-0.1, -0.05) is 18.6 Å². The van der Waals surface area contributed by atoms with E-state index in [0.29, 0.717) is 6.42 Å². The standard InChI is InChI=1S/C20H22O6/c1-10(2)4-5-12(8-11(3)20(25)26)13-9-16(23)17-14(21)6-7-15(22)18(17)19(13)24/h4,6-7,9,11-12,21-22H,5,8H2,1-3H3,(H,25,26)/t11-,12?/m1/s1. The van der Waals surface area contributed by atoms with Crippen molar-refractivity contribution in [1.82, 2.24) is 0 Å². The zero-order valence-electron chi connectivity index (χ0n) is 14.9. The fraction of sp³-hybridized carbons (Fsp3) is 0.350. The highest BCUT2D eigenvalue weighted by Gasteiger charge is 2.35. The summed E-state index contributed by atoms with van der Waals surface area (Å²) in [4.78, 5) is 36.6. The maximum absolute atomic E-state index is 12.9. The molecule has 26 heavy (non-hydrogen) atoms. The molecule has 0 saturated carbocycles. The molecule has 0 aliphatic heterocycles. The van der Waals surface area contributed by atoms with Crippen LogP contribution in [0.15, 0.2) is 35.4 Å². The number of carbonyl (C=O) groups is 3. The van der Waals surface area contributed by atoms with Crippen LogP contribution >= 0.6 is 0 Å². The molecular weight excluding hydrogens is 336 g/mol. The van der Waals surface area contributed by atoms with Gasteiger partial charge >= 0.3 is 5.97 Å². The van der Waals surface area contributed by atoms with Crippen molar-refractivity contribution in [2.24, 2.45) is 11.8 Å². The van der Waals surface area contributed by atoms with E-state index in [1.54, 1.807) is 6.92 Å². The second-order valence-corrected chi connectivity index (χ2v) is 6.84. The normalized spacial score (nSPS) is 15.7. The molecule has 1 aromatic rings. The molecule has 6 nitrogen and oxygen atoms in total. The molecule has 0 spiro atoms. The van der Waals surface area contributed by atoms with Crippen molar-refractivity contribution >= 4 is 17.5 Å². The van der Waals surface area contributed by atoms with E-state index < -0.39 is 29.4 Å². The number of phenols is 2. The Kier molecular flexibility index (Phi) is 5.65. The van der Waals surface area contributed by atoms with Crippen molar-refractivity contribution in [3.63, 3.8) is 0 Å². The number of carbonyl (C=O) groups excluding carboxylic acids is 2. The van der Waals surface area contributed by atoms with Gasteiger partial charge in [-0.15, -0.1) is 0 Å². The molecule has 0 fully saturated rings. The lowest BCUT2D eigenvalue weighted by Crippen LogP contribution is -2.25. The zero-order chi connectivity index (χ0) is 19.6. The number of Topliss-reactive ketones (excluding diaryl/α,β-unsaturated/α-hetero) is 1. The van der Waals surface area contributed by atoms with E-state index in [4.69, 9.17) is 0 Å². The van der Waals surface area contributed by atoms with Gasteiger partial charge in [0.1, 0.15) is 11.5 Å². The highest BCUT2D eigenvalue weighted by atomic mass is 16.4. The largest absolute Gasteiger partial charge is 0.507 e. The number of aliphatic carboxylic acids is 1. The van der Waals surface area contributed by atoms with Crippen LogP contribution in [0.3, 0.4) is 0 Å². The van der Waals surface area contributed by atoms with Crippen molar-refractivity contribution in [2.45, 2.75) is 33.6 Å². The SMILES string of the molecule is CC(C)=CCC(C[C@@H](C)C(=O)O)C1=CC(=O)c2c(O)ccc(O)c2C1=O. The Morgan fingerprint density at radius 1 is 1.12 bits per heavy atom. The molecule has 0 saturated heterocycles. The second kappa shape index (κ2) is 7.56. The minimum absolute atomic E-state index is 0.161. The van der Waals surface area contributed by atoms with Crippen molar-refractivity contribution in [2.75, 3.05) is 0 Å². The summed E-state index contributed by atoms with van der Waals surface area (Å²) in [5, 5.41) is 29.1. The summed E-state index contributed by atoms with van der Waals surface area (Å²) in [5.41, 5.74) is 0.728. The third-order valence-corrected chi connectivity index (χ3v) is 4.49. The number of hydrogen-bond acceptors (Lipinski definition) is 5. The molecule has 6 heteroatoms. The average molecular weight is 358 g/mol. The zero-order valence-corrected chi connectivity index (χ0v) is 14.9. The predicted octanol–water partition coefficient (Wildman–Crippen LogP) is 3.49. The van der Waals surface area contributed by atoms with Crippen molar-refractivity contribution < 1.29 is 29.7 Å². The van der Waals surface area contributed by atoms with Crippen LogP contribution in [0.1, 0.15) is 54.3 Å². The summed E-state index contributed by atoms with van der Waals surface area (Å²) >= 11 is 0. The molecule has 138 valence electrons. The van der Waals surface area contributed by atoms with Crippen molar-refractivity contribution in [3.8, 4) is 11.5 Å². The number of rotatable bonds is 6. The molecule has 0 amide bonds. The predicted molar refractivity (Wildman–Crippen MR) is 95.5 cm³/mol. The molecule has 2 atom stereocenters. The molecule has 1 aromatic carbocycles. The van der Waals surface area contributed by atoms with E-state index in [0.717, 1.165) is 23.8 Å². The first-order valence-corrected chi connectivity index (χ1v) is 8.35. The Bertz CT molecular complexity index is 827. The van der Waals surface area contributed by atoms with Crippen LogP contribution in [0.4, 0.5) is 0 Å². The first kappa shape index (κ1) is 19.4. The number of hydrogen-bond donors (Lipinski definition) is 3. The summed E-state index contributed by atoms with van der Waals surface area (Å²) in [6.07, 6.45) is 3.62. The number of aromatic hydroxyl groups is 2. The second-order valence-electron chi connectivity index (χ2n) is 6.84. The van der Waals surface area contributed by atoms with Gasteiger partial charge in [0.2, 0.25) is 0 Å². The Morgan fingerprint density at radius 2 is 1.69 bits per heavy atom. The van der Waals surface area contributed by atoms with Gasteiger partial charge in [0.15, 0.2) is 11.6 Å². The molecule has 0 heterocycles. The molecule has 2 rings (SSSR count). The van der Waals surface area contributed by atoms with Gasteiger partial charge in [0.05, 0.1) is 17.0 Å². The first-order chi connectivity index (χ1) is 12.1. The van der Waals surface area contributed by atoms with Crippen LogP contribution in [0.2, 0.25) is 0 Å². The molecule has 0 aromatic heterocycles. The maximum Gasteiger partial charge on any atom is 0.306 e. The Labute approximate surface area is 151 Å². The minimum Gasteiger partial charge on any atom is -0.507 e. The summed E-state index contributed by atoms with van der Waals surface area (Å²) < 4.78 is 0. The quantitative estimate of drug-likeness (QED) is 0.530. The maximum atomic E-state index is 12.9. The van der Waals surface area contributed by atoms with Crippen molar-refractivity contribution in [1.29, 1.82) is 0 Å². The highest BCUT2D eigenvalue weighted by Crippen LogP contribution is 2.38. The van der Waals surface area contributed by atoms with E-state index in [9.17, 15) is 29.7 Å². The smallest absolute Gasteiger partial charge is 0.306 e. The van der Waals surface area contributed by atoms with E-state index in [1.807, 2.05) is 19.9 Å². The van der Waals surface area contributed by atoms with Gasteiger partial charge in [-0.05, 0) is 50.8 Å². The summed E-state index contributed by atoms with van der Waals surface area (Å²) in [7, 11) is 0. The molecular formula is C20H22O6. The van der Waals surface area contributed by atoms with E-state index >= 15 is 0 Å². The number of fused-ring (bicyclic) bond motifs is 1. The van der Waals surface area contributed by atoms with Crippen LogP contribution in [0.25, 0.3) is 0 Å². The fourth-order valence-electron chi connectivity index (χ4n) is 3.04. The lowest BCUT2D eigenvalue weighted by atomic mass is 9.78. The number of carboxylic acids is 1. The Morgan fingerprint density at radius 3 is 2.23 bits per heavy atom. The third kappa shape index (κ3) is 3.85. The summed E-state index contributed by atoms with van der Waals surface area (Å²) in [5.74, 6) is -4.05. The van der Waals surface area contributed by atoms with Crippen LogP contribution in [0.5, 0.6) is 11.5 Å². The van der Waals surface area contributed by atoms with Crippen molar-refractivity contribution in [3.05, 3.63) is 46.6 Å². The molecule has 0 bridgehead atoms. The monoisotopic (exact) mass is 358 g/mol. The summed E-state index contributed by atoms with van der Waals surface area (Å²) in [6, 6.07) is 2.32. The van der Waals surface area contributed by atoms with Gasteiger partial charge < -0.3 is 15.3 Å². The van der Waals surface area contributed by atoms with E-state index in [1.165, 1.54) is 0 Å². The van der Waals surface area contributed by atoms with Gasteiger partial charge in [0, 0.05) is 5.57 Å². The highest BCUT2D eigenvalue weighted by molar-refractivity contribution is 6.26. The first-order valence-electron chi connectivity index (χ1n) is 8.35. The lowest BCUT2D eigenvalue weighted by Gasteiger charge is -2.24. The number of benzene rings is 1. The number of ketones is 2. The van der Waals surface area contributed by atoms with E-state index in [2.05, 4.69) is 0 Å². The molecule has 1 aliphatic carbocycles. The number of phenolic OH excluding ortho intramolecular Hbond substituents is 2. The summed E-state index contributed by atoms with van der Waals surface area (Å²) in [6.45, 7) is 5.32. The molecule has 1 aliphatic rings. The molecule has 3 N–H and O–H groups in total. The van der Waals surface area contributed by atoms with Crippen LogP contribution in [-0.2, 0) is 4.79 Å². The molecule has 0 radical (unpaired) electrons. The lowest BCUT2D eigenvalue weighted by molar-refractivity contribution is -0.141. The van der Waals surface area contributed by atoms with Gasteiger partial charge in [-0.3, -0.25) is 14.4 Å². The third-order valence-electron chi connectivity index (χ3n) is 4.49. The van der Waals surface area contributed by atoms with Crippen LogP contribution < -0.4 is 0 Å². The van der Waals surface area contributed by atoms with Crippen LogP contribution in [-0.4, -0.2) is 32.9 Å². The number of carboxylic acid groups (broad SMARTS) is 1. The van der Waals surface area contributed by atoms with Gasteiger partial charge in [-0.25, -0.2) is 0 Å². The van der Waals surface area contributed by atoms with Gasteiger partial charge in [-0.2, -0.15) is 0 Å². The average Bonchev–Trinajstić information content (AvgIpc) is 2.56. The topological polar surface area (TPSA) is 112 Å². The number of allylic oxidation sites excluding steroid dienone is 4. The van der Waals surface area contributed by atoms with E-state index in [-0.39, 0.29) is 34.6 Å². The van der Waals surface area contributed by atoms with Crippen LogP contribution in [0, 0.1) is 11.8 Å². The van der Waals surface area contributed by atoms with Gasteiger partial charge in [0.25, 0.3) is 0 Å². The minimum atomic E-state index is -0.983.